The van der Waals surface area contributed by atoms with Gasteiger partial charge in [-0.05, 0) is 39.7 Å². The fourth-order valence-electron chi connectivity index (χ4n) is 2.80. The van der Waals surface area contributed by atoms with E-state index >= 15 is 0 Å². The van der Waals surface area contributed by atoms with Gasteiger partial charge in [0.15, 0.2) is 0 Å². The molecule has 0 unspecified atom stereocenters. The average molecular weight is 307 g/mol. The van der Waals surface area contributed by atoms with Crippen molar-refractivity contribution in [2.45, 2.75) is 13.1 Å². The number of halogens is 2. The first kappa shape index (κ1) is 11.2. The lowest BCUT2D eigenvalue weighted by Gasteiger charge is -2.18. The molecule has 2 aromatic rings. The second-order valence-corrected chi connectivity index (χ2v) is 10.2. The van der Waals surface area contributed by atoms with Crippen LogP contribution in [0.1, 0.15) is 0 Å². The topological polar surface area (TPSA) is 0 Å². The Balaban J connectivity index is 2.43. The zero-order valence-electron chi connectivity index (χ0n) is 9.72. The molecule has 0 aromatic heterocycles. The molecule has 0 nitrogen and oxygen atoms in total. The number of hydrogen-bond acceptors (Lipinski definition) is 0. The van der Waals surface area contributed by atoms with E-state index in [4.69, 9.17) is 0 Å². The minimum absolute atomic E-state index is 0.0495. The fourth-order valence-corrected chi connectivity index (χ4v) is 6.39. The predicted molar refractivity (Wildman–Crippen MR) is 76.3 cm³/mol. The monoisotopic (exact) mass is 306 g/mol. The highest BCUT2D eigenvalue weighted by Gasteiger charge is 2.39. The van der Waals surface area contributed by atoms with Crippen LogP contribution in [-0.2, 0) is 0 Å². The molecule has 2 aromatic carbocycles. The molecule has 0 radical (unpaired) electrons. The summed E-state index contributed by atoms with van der Waals surface area (Å²) >= 11 is 3.49. The summed E-state index contributed by atoms with van der Waals surface area (Å²) in [6.45, 7) is 4.43. The molecule has 0 spiro atoms. The minimum Gasteiger partial charge on any atom is -0.207 e. The van der Waals surface area contributed by atoms with Gasteiger partial charge < -0.3 is 0 Å². The highest BCUT2D eigenvalue weighted by Crippen LogP contribution is 2.30. The summed E-state index contributed by atoms with van der Waals surface area (Å²) in [6, 6.07) is 11.7. The van der Waals surface area contributed by atoms with Crippen LogP contribution in [0.3, 0.4) is 0 Å². The van der Waals surface area contributed by atoms with Crippen molar-refractivity contribution in [1.82, 2.24) is 0 Å². The van der Waals surface area contributed by atoms with Gasteiger partial charge in [-0.1, -0.05) is 47.2 Å². The third-order valence-electron chi connectivity index (χ3n) is 3.58. The van der Waals surface area contributed by atoms with E-state index in [0.29, 0.717) is 0 Å². The highest BCUT2D eigenvalue weighted by molar-refractivity contribution is 9.10. The van der Waals surface area contributed by atoms with Crippen LogP contribution in [0.4, 0.5) is 4.39 Å². The van der Waals surface area contributed by atoms with Crippen molar-refractivity contribution in [2.24, 2.45) is 0 Å². The van der Waals surface area contributed by atoms with Gasteiger partial charge in [-0.2, -0.15) is 0 Å². The Morgan fingerprint density at radius 1 is 1.06 bits per heavy atom. The largest absolute Gasteiger partial charge is 0.207 e. The average Bonchev–Trinajstić information content (AvgIpc) is 2.49. The first-order chi connectivity index (χ1) is 8.01. The van der Waals surface area contributed by atoms with Crippen LogP contribution in [0.2, 0.25) is 13.1 Å². The van der Waals surface area contributed by atoms with Gasteiger partial charge >= 0.3 is 0 Å². The normalized spacial score (nSPS) is 15.5. The third-order valence-corrected chi connectivity index (χ3v) is 7.62. The Labute approximate surface area is 110 Å². The predicted octanol–water partition coefficient (Wildman–Crippen LogP) is 3.39. The molecule has 1 aliphatic heterocycles. The second kappa shape index (κ2) is 3.53. The second-order valence-electron chi connectivity index (χ2n) is 4.98. The first-order valence-corrected chi connectivity index (χ1v) is 9.40. The molecule has 3 heteroatoms. The van der Waals surface area contributed by atoms with Crippen molar-refractivity contribution in [3.05, 3.63) is 46.7 Å². The third kappa shape index (κ3) is 1.45. The van der Waals surface area contributed by atoms with E-state index in [1.54, 1.807) is 12.1 Å². The van der Waals surface area contributed by atoms with Gasteiger partial charge in [0, 0.05) is 4.47 Å². The van der Waals surface area contributed by atoms with Crippen LogP contribution in [0.25, 0.3) is 11.1 Å². The summed E-state index contributed by atoms with van der Waals surface area (Å²) in [5.41, 5.74) is 2.28. The lowest BCUT2D eigenvalue weighted by Crippen LogP contribution is -2.50. The van der Waals surface area contributed by atoms with Crippen molar-refractivity contribution in [3.63, 3.8) is 0 Å². The van der Waals surface area contributed by atoms with Crippen LogP contribution in [-0.4, -0.2) is 8.07 Å². The Kier molecular flexibility index (Phi) is 2.32. The van der Waals surface area contributed by atoms with Crippen LogP contribution >= 0.6 is 15.9 Å². The molecule has 0 amide bonds. The summed E-state index contributed by atoms with van der Waals surface area (Å²) in [7, 11) is -1.84. The standard InChI is InChI=1S/C14H12BrFSi/c1-17(2)13-7-6-9(15)8-11(13)10-4-3-5-12(16)14(10)17/h3-8H,1-2H3. The molecule has 86 valence electrons. The molecule has 0 saturated heterocycles. The highest BCUT2D eigenvalue weighted by atomic mass is 79.9. The molecule has 0 fully saturated rings. The number of benzene rings is 2. The Bertz CT molecular complexity index is 620. The number of fused-ring (bicyclic) bond motifs is 3. The molecule has 17 heavy (non-hydrogen) atoms. The van der Waals surface area contributed by atoms with Gasteiger partial charge in [0.05, 0.1) is 0 Å². The Hall–Kier alpha value is -0.933. The lowest BCUT2D eigenvalue weighted by molar-refractivity contribution is 0.636. The number of hydrogen-bond donors (Lipinski definition) is 0. The van der Waals surface area contributed by atoms with Gasteiger partial charge in [0.25, 0.3) is 0 Å². The van der Waals surface area contributed by atoms with Crippen LogP contribution < -0.4 is 10.4 Å². The molecule has 0 saturated carbocycles. The molecule has 1 heterocycles. The van der Waals surface area contributed by atoms with Gasteiger partial charge in [0.2, 0.25) is 0 Å². The van der Waals surface area contributed by atoms with Crippen molar-refractivity contribution in [2.75, 3.05) is 0 Å². The van der Waals surface area contributed by atoms with Crippen LogP contribution in [0.5, 0.6) is 0 Å². The van der Waals surface area contributed by atoms with E-state index in [2.05, 4.69) is 47.2 Å². The van der Waals surface area contributed by atoms with E-state index in [1.807, 2.05) is 6.07 Å². The molecule has 0 N–H and O–H groups in total. The maximum Gasteiger partial charge on any atom is 0.123 e. The minimum atomic E-state index is -1.84. The Morgan fingerprint density at radius 3 is 2.59 bits per heavy atom. The summed E-state index contributed by atoms with van der Waals surface area (Å²) in [6.07, 6.45) is 0. The summed E-state index contributed by atoms with van der Waals surface area (Å²) in [5.74, 6) is -0.0495. The summed E-state index contributed by atoms with van der Waals surface area (Å²) in [4.78, 5) is 0. The number of rotatable bonds is 0. The van der Waals surface area contributed by atoms with Gasteiger partial charge in [-0.25, -0.2) is 4.39 Å². The fraction of sp³-hybridized carbons (Fsp3) is 0.143. The van der Waals surface area contributed by atoms with Crippen molar-refractivity contribution >= 4 is 34.4 Å². The van der Waals surface area contributed by atoms with Crippen LogP contribution in [0, 0.1) is 5.82 Å². The molecular formula is C14H12BrFSi. The van der Waals surface area contributed by atoms with E-state index in [1.165, 1.54) is 10.8 Å². The quantitative estimate of drug-likeness (QED) is 0.655. The van der Waals surface area contributed by atoms with Crippen molar-refractivity contribution < 1.29 is 4.39 Å². The summed E-state index contributed by atoms with van der Waals surface area (Å²) < 4.78 is 15.1. The molecule has 0 atom stereocenters. The summed E-state index contributed by atoms with van der Waals surface area (Å²) in [5, 5.41) is 2.29. The zero-order valence-corrected chi connectivity index (χ0v) is 12.3. The first-order valence-electron chi connectivity index (χ1n) is 5.61. The molecule has 1 aliphatic rings. The van der Waals surface area contributed by atoms with E-state index in [9.17, 15) is 4.39 Å². The van der Waals surface area contributed by atoms with Crippen LogP contribution in [0.15, 0.2) is 40.9 Å². The van der Waals surface area contributed by atoms with E-state index in [-0.39, 0.29) is 5.82 Å². The van der Waals surface area contributed by atoms with Gasteiger partial charge in [-0.3, -0.25) is 0 Å². The molecule has 3 rings (SSSR count). The van der Waals surface area contributed by atoms with E-state index < -0.39 is 8.07 Å². The SMILES string of the molecule is C[Si]1(C)c2ccc(Br)cc2-c2cccc(F)c21. The van der Waals surface area contributed by atoms with E-state index in [0.717, 1.165) is 15.2 Å². The lowest BCUT2D eigenvalue weighted by atomic mass is 10.1. The molecular weight excluding hydrogens is 295 g/mol. The maximum atomic E-state index is 14.1. The molecule has 0 aliphatic carbocycles. The Morgan fingerprint density at radius 2 is 1.82 bits per heavy atom. The van der Waals surface area contributed by atoms with Crippen molar-refractivity contribution in [1.29, 1.82) is 0 Å². The van der Waals surface area contributed by atoms with Crippen molar-refractivity contribution in [3.8, 4) is 11.1 Å². The molecule has 0 bridgehead atoms. The smallest absolute Gasteiger partial charge is 0.123 e. The van der Waals surface area contributed by atoms with Gasteiger partial charge in [0.1, 0.15) is 13.9 Å². The van der Waals surface area contributed by atoms with Gasteiger partial charge in [-0.15, -0.1) is 0 Å². The maximum absolute atomic E-state index is 14.1. The zero-order chi connectivity index (χ0) is 12.2.